The average molecular weight is 539 g/mol. The summed E-state index contributed by atoms with van der Waals surface area (Å²) in [4.78, 5) is 41.7. The maximum absolute atomic E-state index is 13.0. The van der Waals surface area contributed by atoms with Crippen LogP contribution in [0, 0.1) is 35.5 Å². The molecule has 3 unspecified atom stereocenters. The number of anilines is 2. The summed E-state index contributed by atoms with van der Waals surface area (Å²) < 4.78 is 0. The summed E-state index contributed by atoms with van der Waals surface area (Å²) in [5, 5.41) is 17.9. The highest BCUT2D eigenvalue weighted by Gasteiger charge is 2.40. The first kappa shape index (κ1) is 29.3. The lowest BCUT2D eigenvalue weighted by atomic mass is 9.99. The van der Waals surface area contributed by atoms with Gasteiger partial charge in [-0.25, -0.2) is 0 Å². The lowest BCUT2D eigenvalue weighted by molar-refractivity contribution is -0.131. The number of nitriles is 1. The van der Waals surface area contributed by atoms with Crippen molar-refractivity contribution in [2.45, 2.75) is 50.2 Å². The number of likely N-dealkylation sites (tertiary alicyclic amines) is 1. The Bertz CT molecular complexity index is 1060. The van der Waals surface area contributed by atoms with Crippen molar-refractivity contribution in [3.63, 3.8) is 0 Å². The summed E-state index contributed by atoms with van der Waals surface area (Å²) in [6.45, 7) is 7.63. The molecule has 10 heteroatoms. The van der Waals surface area contributed by atoms with Gasteiger partial charge in [-0.2, -0.15) is 5.26 Å². The van der Waals surface area contributed by atoms with Crippen LogP contribution >= 0.6 is 11.8 Å². The Balaban J connectivity index is 1.47. The van der Waals surface area contributed by atoms with E-state index in [0.29, 0.717) is 26.1 Å². The van der Waals surface area contributed by atoms with E-state index in [4.69, 9.17) is 6.42 Å². The highest BCUT2D eigenvalue weighted by molar-refractivity contribution is 8.01. The van der Waals surface area contributed by atoms with Crippen LogP contribution in [0.2, 0.25) is 0 Å². The zero-order valence-corrected chi connectivity index (χ0v) is 23.1. The van der Waals surface area contributed by atoms with Gasteiger partial charge in [0.2, 0.25) is 17.7 Å². The van der Waals surface area contributed by atoms with Crippen molar-refractivity contribution in [2.75, 3.05) is 49.9 Å². The third-order valence-electron chi connectivity index (χ3n) is 6.97. The lowest BCUT2D eigenvalue weighted by Crippen LogP contribution is -2.38. The molecular weight excluding hydrogens is 500 g/mol. The minimum Gasteiger partial charge on any atom is -0.385 e. The molecule has 0 radical (unpaired) electrons. The SMILES string of the molecule is C#CCNC(=O)C(C#N)CC1SC(CCNc2cccc(NC(=O)CN3CCC(C)CC3)c2)C(=O)N1CC. The first-order chi connectivity index (χ1) is 18.3. The van der Waals surface area contributed by atoms with Crippen LogP contribution in [0.3, 0.4) is 0 Å². The Kier molecular flexibility index (Phi) is 11.3. The van der Waals surface area contributed by atoms with E-state index in [0.717, 1.165) is 43.2 Å². The van der Waals surface area contributed by atoms with Crippen molar-refractivity contribution in [2.24, 2.45) is 11.8 Å². The van der Waals surface area contributed by atoms with Crippen LogP contribution < -0.4 is 16.0 Å². The number of carbonyl (C=O) groups excluding carboxylic acids is 3. The topological polar surface area (TPSA) is 118 Å². The number of carbonyl (C=O) groups is 3. The van der Waals surface area contributed by atoms with Crippen LogP contribution in [0.25, 0.3) is 0 Å². The molecule has 3 amide bonds. The van der Waals surface area contributed by atoms with Crippen molar-refractivity contribution in [1.82, 2.24) is 15.1 Å². The van der Waals surface area contributed by atoms with Gasteiger partial charge in [0.15, 0.2) is 0 Å². The van der Waals surface area contributed by atoms with E-state index in [9.17, 15) is 19.6 Å². The summed E-state index contributed by atoms with van der Waals surface area (Å²) >= 11 is 1.50. The number of amides is 3. The van der Waals surface area contributed by atoms with Crippen molar-refractivity contribution >= 4 is 40.9 Å². The van der Waals surface area contributed by atoms with Crippen LogP contribution in [-0.4, -0.2) is 77.4 Å². The molecule has 2 aliphatic heterocycles. The van der Waals surface area contributed by atoms with Crippen LogP contribution in [-0.2, 0) is 14.4 Å². The van der Waals surface area contributed by atoms with Crippen LogP contribution in [0.4, 0.5) is 11.4 Å². The van der Waals surface area contributed by atoms with E-state index in [1.807, 2.05) is 37.3 Å². The molecule has 2 heterocycles. The standard InChI is InChI=1S/C28H38N6O3S/c1-4-12-31-27(36)21(18-29)16-26-34(5-2)28(37)24(38-26)9-13-30-22-7-6-8-23(17-22)32-25(35)19-33-14-10-20(3)11-15-33/h1,6-8,17,20-21,24,26,30H,5,9-16,19H2,2-3H3,(H,31,36)(H,32,35). The number of hydrogen-bond acceptors (Lipinski definition) is 7. The van der Waals surface area contributed by atoms with Crippen molar-refractivity contribution in [3.05, 3.63) is 24.3 Å². The fourth-order valence-electron chi connectivity index (χ4n) is 4.74. The Morgan fingerprint density at radius 3 is 2.68 bits per heavy atom. The molecule has 3 atom stereocenters. The second-order valence-corrected chi connectivity index (χ2v) is 11.2. The predicted molar refractivity (Wildman–Crippen MR) is 151 cm³/mol. The molecule has 3 rings (SSSR count). The van der Waals surface area contributed by atoms with Gasteiger partial charge in [0, 0.05) is 30.9 Å². The minimum absolute atomic E-state index is 0.0148. The normalized spacial score (nSPS) is 20.8. The fraction of sp³-hybridized carbons (Fsp3) is 0.571. The molecule has 2 fully saturated rings. The molecule has 1 aromatic carbocycles. The van der Waals surface area contributed by atoms with E-state index < -0.39 is 11.8 Å². The molecule has 2 saturated heterocycles. The van der Waals surface area contributed by atoms with Gasteiger partial charge in [0.05, 0.1) is 29.8 Å². The van der Waals surface area contributed by atoms with E-state index in [1.165, 1.54) is 11.8 Å². The van der Waals surface area contributed by atoms with Gasteiger partial charge >= 0.3 is 0 Å². The van der Waals surface area contributed by atoms with Crippen LogP contribution in [0.5, 0.6) is 0 Å². The largest absolute Gasteiger partial charge is 0.385 e. The number of rotatable bonds is 12. The Labute approximate surface area is 230 Å². The van der Waals surface area contributed by atoms with E-state index in [1.54, 1.807) is 4.90 Å². The number of benzene rings is 1. The van der Waals surface area contributed by atoms with Gasteiger partial charge in [-0.1, -0.05) is 18.9 Å². The second-order valence-electron chi connectivity index (χ2n) is 9.85. The predicted octanol–water partition coefficient (Wildman–Crippen LogP) is 2.73. The number of nitrogens with one attached hydrogen (secondary N) is 3. The molecule has 0 aliphatic carbocycles. The van der Waals surface area contributed by atoms with Gasteiger partial charge < -0.3 is 20.9 Å². The number of thioether (sulfide) groups is 1. The molecule has 0 spiro atoms. The fourth-order valence-corrected chi connectivity index (χ4v) is 6.33. The van der Waals surface area contributed by atoms with E-state index in [-0.39, 0.29) is 35.4 Å². The maximum atomic E-state index is 13.0. The summed E-state index contributed by atoms with van der Waals surface area (Å²) in [5.74, 6) is 1.80. The third-order valence-corrected chi connectivity index (χ3v) is 8.49. The molecule has 9 nitrogen and oxygen atoms in total. The molecule has 38 heavy (non-hydrogen) atoms. The highest BCUT2D eigenvalue weighted by atomic mass is 32.2. The second kappa shape index (κ2) is 14.7. The van der Waals surface area contributed by atoms with E-state index in [2.05, 4.69) is 33.7 Å². The molecule has 0 bridgehead atoms. The summed E-state index contributed by atoms with van der Waals surface area (Å²) in [6, 6.07) is 9.62. The summed E-state index contributed by atoms with van der Waals surface area (Å²) in [5.41, 5.74) is 1.60. The van der Waals surface area contributed by atoms with E-state index >= 15 is 0 Å². The Hall–Kier alpha value is -3.21. The van der Waals surface area contributed by atoms with Gasteiger partial charge in [0.25, 0.3) is 0 Å². The number of hydrogen-bond donors (Lipinski definition) is 3. The van der Waals surface area contributed by atoms with Gasteiger partial charge in [-0.3, -0.25) is 19.3 Å². The van der Waals surface area contributed by atoms with Gasteiger partial charge in [-0.05, 0) is 63.4 Å². The number of piperidine rings is 1. The highest BCUT2D eigenvalue weighted by Crippen LogP contribution is 2.37. The number of nitrogens with zero attached hydrogens (tertiary/aromatic N) is 3. The molecule has 204 valence electrons. The van der Waals surface area contributed by atoms with Crippen LogP contribution in [0.15, 0.2) is 24.3 Å². The Morgan fingerprint density at radius 1 is 1.26 bits per heavy atom. The molecule has 1 aromatic rings. The van der Waals surface area contributed by atoms with Crippen molar-refractivity contribution < 1.29 is 14.4 Å². The molecule has 0 aromatic heterocycles. The number of terminal acetylenes is 1. The first-order valence-electron chi connectivity index (χ1n) is 13.3. The first-order valence-corrected chi connectivity index (χ1v) is 14.2. The minimum atomic E-state index is -0.865. The van der Waals surface area contributed by atoms with Gasteiger partial charge in [0.1, 0.15) is 5.92 Å². The molecule has 0 saturated carbocycles. The molecule has 3 N–H and O–H groups in total. The van der Waals surface area contributed by atoms with Gasteiger partial charge in [-0.15, -0.1) is 18.2 Å². The van der Waals surface area contributed by atoms with Crippen molar-refractivity contribution in [1.29, 1.82) is 5.26 Å². The average Bonchev–Trinajstić information content (AvgIpc) is 3.21. The Morgan fingerprint density at radius 2 is 2.00 bits per heavy atom. The van der Waals surface area contributed by atoms with Crippen LogP contribution in [0.1, 0.15) is 39.5 Å². The summed E-state index contributed by atoms with van der Waals surface area (Å²) in [7, 11) is 0. The molecular formula is C28H38N6O3S. The zero-order valence-electron chi connectivity index (χ0n) is 22.2. The lowest BCUT2D eigenvalue weighted by Gasteiger charge is -2.29. The third kappa shape index (κ3) is 8.41. The monoisotopic (exact) mass is 538 g/mol. The molecule has 2 aliphatic rings. The zero-order chi connectivity index (χ0) is 27.5. The quantitative estimate of drug-likeness (QED) is 0.350. The maximum Gasteiger partial charge on any atom is 0.238 e. The van der Waals surface area contributed by atoms with Crippen molar-refractivity contribution in [3.8, 4) is 18.4 Å². The summed E-state index contributed by atoms with van der Waals surface area (Å²) in [6.07, 6.45) is 8.31. The smallest absolute Gasteiger partial charge is 0.238 e.